The summed E-state index contributed by atoms with van der Waals surface area (Å²) in [6.07, 6.45) is 1.44. The highest BCUT2D eigenvalue weighted by atomic mass is 79.9. The van der Waals surface area contributed by atoms with Gasteiger partial charge in [-0.05, 0) is 61.2 Å². The molecular weight excluding hydrogens is 646 g/mol. The number of aromatic nitrogens is 1. The van der Waals surface area contributed by atoms with E-state index in [2.05, 4.69) is 37.5 Å². The van der Waals surface area contributed by atoms with Crippen LogP contribution in [0.25, 0.3) is 32.8 Å². The number of fused-ring (bicyclic) bond motifs is 3. The summed E-state index contributed by atoms with van der Waals surface area (Å²) < 4.78 is 17.8. The van der Waals surface area contributed by atoms with Crippen molar-refractivity contribution in [1.29, 1.82) is 0 Å². The summed E-state index contributed by atoms with van der Waals surface area (Å²) in [5.74, 6) is 0.273. The van der Waals surface area contributed by atoms with Crippen molar-refractivity contribution in [3.05, 3.63) is 124 Å². The largest absolute Gasteiger partial charge is 0.490 e. The van der Waals surface area contributed by atoms with E-state index in [1.807, 2.05) is 74.5 Å². The van der Waals surface area contributed by atoms with Gasteiger partial charge >= 0.3 is 5.97 Å². The first-order valence-corrected chi connectivity index (χ1v) is 15.6. The quantitative estimate of drug-likeness (QED) is 0.0656. The number of carbonyl (C=O) groups is 2. The molecule has 0 saturated carbocycles. The lowest BCUT2D eigenvalue weighted by molar-refractivity contribution is 0.0733. The van der Waals surface area contributed by atoms with Crippen LogP contribution in [0.1, 0.15) is 40.3 Å². The first-order valence-electron chi connectivity index (χ1n) is 14.8. The van der Waals surface area contributed by atoms with E-state index in [9.17, 15) is 9.59 Å². The summed E-state index contributed by atoms with van der Waals surface area (Å²) >= 11 is 3.46. The number of halogens is 1. The van der Waals surface area contributed by atoms with Crippen LogP contribution in [0.5, 0.6) is 17.2 Å². The normalized spacial score (nSPS) is 11.2. The molecule has 0 aliphatic rings. The molecule has 6 rings (SSSR count). The number of H-pyrrole nitrogens is 1. The van der Waals surface area contributed by atoms with Crippen molar-refractivity contribution < 1.29 is 23.8 Å². The molecule has 1 heterocycles. The maximum absolute atomic E-state index is 13.6. The standard InChI is InChI=1S/C37H30BrN3O5/c1-3-44-31-18-15-25(21-32(31)45-4-2)37(43)46-30-19-16-27(38)20-26(30)22-39-41-36(42)35-33(24-11-6-5-7-12-24)29-17-14-23-10-8-9-13-28(23)34(29)40-35/h5-22,40H,3-4H2,1-2H3,(H,41,42). The monoisotopic (exact) mass is 675 g/mol. The van der Waals surface area contributed by atoms with E-state index in [4.69, 9.17) is 14.2 Å². The van der Waals surface area contributed by atoms with Crippen molar-refractivity contribution in [2.45, 2.75) is 13.8 Å². The van der Waals surface area contributed by atoms with Gasteiger partial charge in [-0.3, -0.25) is 4.79 Å². The third-order valence-electron chi connectivity index (χ3n) is 7.31. The highest BCUT2D eigenvalue weighted by Gasteiger charge is 2.21. The smallest absolute Gasteiger partial charge is 0.343 e. The van der Waals surface area contributed by atoms with Crippen LogP contribution in [0.2, 0.25) is 0 Å². The van der Waals surface area contributed by atoms with Gasteiger partial charge in [0, 0.05) is 26.4 Å². The maximum atomic E-state index is 13.6. The number of carbonyl (C=O) groups excluding carboxylic acids is 2. The molecule has 5 aromatic carbocycles. The number of rotatable bonds is 10. The van der Waals surface area contributed by atoms with Crippen molar-refractivity contribution in [1.82, 2.24) is 10.4 Å². The number of hydrazone groups is 1. The summed E-state index contributed by atoms with van der Waals surface area (Å²) in [7, 11) is 0. The lowest BCUT2D eigenvalue weighted by Gasteiger charge is -2.13. The number of hydrogen-bond acceptors (Lipinski definition) is 6. The summed E-state index contributed by atoms with van der Waals surface area (Å²) in [5.41, 5.74) is 6.37. The predicted octanol–water partition coefficient (Wildman–Crippen LogP) is 8.53. The molecule has 1 aromatic heterocycles. The zero-order valence-corrected chi connectivity index (χ0v) is 26.8. The van der Waals surface area contributed by atoms with Crippen molar-refractivity contribution in [2.75, 3.05) is 13.2 Å². The Kier molecular flexibility index (Phi) is 9.12. The van der Waals surface area contributed by atoms with Crippen LogP contribution in [-0.2, 0) is 0 Å². The van der Waals surface area contributed by atoms with Gasteiger partial charge in [-0.1, -0.05) is 82.7 Å². The van der Waals surface area contributed by atoms with Crippen LogP contribution in [-0.4, -0.2) is 36.3 Å². The fraction of sp³-hybridized carbons (Fsp3) is 0.108. The molecule has 0 spiro atoms. The number of amides is 1. The first kappa shape index (κ1) is 30.6. The van der Waals surface area contributed by atoms with Crippen LogP contribution in [0.4, 0.5) is 0 Å². The van der Waals surface area contributed by atoms with Crippen LogP contribution in [0.15, 0.2) is 113 Å². The van der Waals surface area contributed by atoms with Gasteiger partial charge in [-0.25, -0.2) is 10.2 Å². The second kappa shape index (κ2) is 13.7. The molecule has 1 amide bonds. The molecule has 8 nitrogen and oxygen atoms in total. The van der Waals surface area contributed by atoms with Crippen molar-refractivity contribution in [3.8, 4) is 28.4 Å². The van der Waals surface area contributed by atoms with E-state index in [1.165, 1.54) is 6.21 Å². The molecule has 0 radical (unpaired) electrons. The Labute approximate surface area is 274 Å². The SMILES string of the molecule is CCOc1ccc(C(=O)Oc2ccc(Br)cc2C=NNC(=O)c2[nH]c3c(ccc4ccccc43)c2-c2ccccc2)cc1OCC. The van der Waals surface area contributed by atoms with Gasteiger partial charge in [0.1, 0.15) is 11.4 Å². The summed E-state index contributed by atoms with van der Waals surface area (Å²) in [5, 5.41) is 7.26. The third-order valence-corrected chi connectivity index (χ3v) is 7.80. The van der Waals surface area contributed by atoms with Crippen molar-refractivity contribution >= 4 is 55.7 Å². The zero-order valence-electron chi connectivity index (χ0n) is 25.2. The highest BCUT2D eigenvalue weighted by Crippen LogP contribution is 2.36. The first-order chi connectivity index (χ1) is 22.5. The topological polar surface area (TPSA) is 102 Å². The van der Waals surface area contributed by atoms with E-state index in [0.29, 0.717) is 41.5 Å². The minimum absolute atomic E-state index is 0.264. The molecule has 9 heteroatoms. The average Bonchev–Trinajstić information content (AvgIpc) is 3.48. The number of nitrogens with zero attached hydrogens (tertiary/aromatic N) is 1. The number of benzene rings is 5. The lowest BCUT2D eigenvalue weighted by atomic mass is 9.99. The van der Waals surface area contributed by atoms with Crippen LogP contribution in [0, 0.1) is 0 Å². The maximum Gasteiger partial charge on any atom is 0.343 e. The second-order valence-corrected chi connectivity index (χ2v) is 11.2. The minimum atomic E-state index is -0.581. The Morgan fingerprint density at radius 2 is 1.54 bits per heavy atom. The Balaban J connectivity index is 1.27. The van der Waals surface area contributed by atoms with Gasteiger partial charge in [0.25, 0.3) is 5.91 Å². The van der Waals surface area contributed by atoms with Gasteiger partial charge in [0.15, 0.2) is 11.5 Å². The number of aromatic amines is 1. The van der Waals surface area contributed by atoms with E-state index >= 15 is 0 Å². The Hall–Kier alpha value is -5.41. The molecule has 0 aliphatic heterocycles. The number of ether oxygens (including phenoxy) is 3. The number of hydrogen-bond donors (Lipinski definition) is 2. The minimum Gasteiger partial charge on any atom is -0.490 e. The fourth-order valence-electron chi connectivity index (χ4n) is 5.28. The summed E-state index contributed by atoms with van der Waals surface area (Å²) in [6, 6.07) is 31.9. The van der Waals surface area contributed by atoms with Gasteiger partial charge in [-0.15, -0.1) is 0 Å². The second-order valence-electron chi connectivity index (χ2n) is 10.2. The molecule has 46 heavy (non-hydrogen) atoms. The lowest BCUT2D eigenvalue weighted by Crippen LogP contribution is -2.19. The molecule has 0 atom stereocenters. The van der Waals surface area contributed by atoms with Gasteiger partial charge < -0.3 is 19.2 Å². The molecule has 230 valence electrons. The molecule has 0 saturated heterocycles. The van der Waals surface area contributed by atoms with Crippen LogP contribution >= 0.6 is 15.9 Å². The Morgan fingerprint density at radius 1 is 0.804 bits per heavy atom. The van der Waals surface area contributed by atoms with E-state index in [0.717, 1.165) is 37.3 Å². The molecule has 2 N–H and O–H groups in total. The van der Waals surface area contributed by atoms with Crippen LogP contribution < -0.4 is 19.6 Å². The Morgan fingerprint density at radius 3 is 2.35 bits per heavy atom. The van der Waals surface area contributed by atoms with Gasteiger partial charge in [0.2, 0.25) is 0 Å². The fourth-order valence-corrected chi connectivity index (χ4v) is 5.66. The molecule has 0 fully saturated rings. The summed E-state index contributed by atoms with van der Waals surface area (Å²) in [6.45, 7) is 4.61. The number of nitrogens with one attached hydrogen (secondary N) is 2. The molecule has 0 unspecified atom stereocenters. The van der Waals surface area contributed by atoms with Gasteiger partial charge in [-0.2, -0.15) is 5.10 Å². The molecule has 0 bridgehead atoms. The van der Waals surface area contributed by atoms with Crippen molar-refractivity contribution in [3.63, 3.8) is 0 Å². The van der Waals surface area contributed by atoms with Crippen molar-refractivity contribution in [2.24, 2.45) is 5.10 Å². The van der Waals surface area contributed by atoms with E-state index in [1.54, 1.807) is 36.4 Å². The Bertz CT molecular complexity index is 2090. The number of esters is 1. The van der Waals surface area contributed by atoms with Crippen LogP contribution in [0.3, 0.4) is 0 Å². The van der Waals surface area contributed by atoms with E-state index in [-0.39, 0.29) is 5.75 Å². The average molecular weight is 677 g/mol. The van der Waals surface area contributed by atoms with E-state index < -0.39 is 11.9 Å². The van der Waals surface area contributed by atoms with Gasteiger partial charge in [0.05, 0.1) is 30.5 Å². The molecule has 0 aliphatic carbocycles. The third kappa shape index (κ3) is 6.36. The predicted molar refractivity (Wildman–Crippen MR) is 184 cm³/mol. The summed E-state index contributed by atoms with van der Waals surface area (Å²) in [4.78, 5) is 30.1. The highest BCUT2D eigenvalue weighted by molar-refractivity contribution is 9.10. The molecule has 6 aromatic rings. The zero-order chi connectivity index (χ0) is 32.0. The molecular formula is C37H30BrN3O5.